The number of carbonyl (C=O) groups is 2. The van der Waals surface area contributed by atoms with Crippen molar-refractivity contribution in [1.29, 1.82) is 0 Å². The van der Waals surface area contributed by atoms with Crippen LogP contribution in [0.4, 0.5) is 0 Å². The number of carbonyl (C=O) groups excluding carboxylic acids is 2. The van der Waals surface area contributed by atoms with Gasteiger partial charge in [0.1, 0.15) is 6.54 Å². The Kier molecular flexibility index (Phi) is 5.23. The van der Waals surface area contributed by atoms with E-state index >= 15 is 0 Å². The van der Waals surface area contributed by atoms with E-state index < -0.39 is 0 Å². The molecule has 2 aromatic rings. The average molecular weight is 335 g/mol. The number of nitrogens with one attached hydrogen (secondary N) is 1. The summed E-state index contributed by atoms with van der Waals surface area (Å²) in [6, 6.07) is 17.7. The summed E-state index contributed by atoms with van der Waals surface area (Å²) < 4.78 is 0. The summed E-state index contributed by atoms with van der Waals surface area (Å²) in [4.78, 5) is 24.2. The van der Waals surface area contributed by atoms with Gasteiger partial charge >= 0.3 is 0 Å². The molecule has 0 unspecified atom stereocenters. The van der Waals surface area contributed by atoms with Gasteiger partial charge in [-0.15, -0.1) is 0 Å². The van der Waals surface area contributed by atoms with Crippen molar-refractivity contribution in [2.75, 3.05) is 6.54 Å². The molecule has 0 aliphatic carbocycles. The zero-order chi connectivity index (χ0) is 17.6. The maximum Gasteiger partial charge on any atom is 0.243 e. The summed E-state index contributed by atoms with van der Waals surface area (Å²) in [5, 5.41) is 8.50. The first-order valence-electron chi connectivity index (χ1n) is 8.37. The van der Waals surface area contributed by atoms with Gasteiger partial charge in [0, 0.05) is 19.4 Å². The topological polar surface area (TPSA) is 61.8 Å². The molecule has 3 rings (SSSR count). The Hall–Kier alpha value is -2.95. The number of hydrogen-bond acceptors (Lipinski definition) is 3. The van der Waals surface area contributed by atoms with Crippen molar-refractivity contribution in [3.8, 4) is 0 Å². The molecule has 1 aliphatic heterocycles. The minimum Gasteiger partial charge on any atom is -0.350 e. The Balaban J connectivity index is 1.63. The maximum absolute atomic E-state index is 12.1. The number of aryl methyl sites for hydroxylation is 1. The third kappa shape index (κ3) is 4.53. The Morgan fingerprint density at radius 2 is 1.80 bits per heavy atom. The Morgan fingerprint density at radius 1 is 1.08 bits per heavy atom. The standard InChI is InChI=1S/C20H21N3O2/c1-15-7-9-17(10-8-15)18-11-12-20(25)23(22-18)14-19(24)21-13-16-5-3-2-4-6-16/h2-10H,11-14H2,1H3,(H,21,24). The second-order valence-corrected chi connectivity index (χ2v) is 6.13. The largest absolute Gasteiger partial charge is 0.350 e. The molecule has 0 saturated carbocycles. The molecule has 5 heteroatoms. The van der Waals surface area contributed by atoms with Crippen LogP contribution in [0.2, 0.25) is 0 Å². The van der Waals surface area contributed by atoms with Crippen LogP contribution < -0.4 is 5.32 Å². The van der Waals surface area contributed by atoms with E-state index in [4.69, 9.17) is 0 Å². The lowest BCUT2D eigenvalue weighted by atomic mass is 10.0. The van der Waals surface area contributed by atoms with Gasteiger partial charge in [0.25, 0.3) is 0 Å². The van der Waals surface area contributed by atoms with Crippen LogP contribution in [0, 0.1) is 6.92 Å². The highest BCUT2D eigenvalue weighted by Gasteiger charge is 2.23. The van der Waals surface area contributed by atoms with Gasteiger partial charge in [0.15, 0.2) is 0 Å². The van der Waals surface area contributed by atoms with E-state index in [9.17, 15) is 9.59 Å². The van der Waals surface area contributed by atoms with Gasteiger partial charge < -0.3 is 5.32 Å². The third-order valence-electron chi connectivity index (χ3n) is 4.12. The highest BCUT2D eigenvalue weighted by molar-refractivity contribution is 6.04. The van der Waals surface area contributed by atoms with E-state index in [-0.39, 0.29) is 18.4 Å². The van der Waals surface area contributed by atoms with Gasteiger partial charge in [-0.25, -0.2) is 5.01 Å². The molecule has 128 valence electrons. The highest BCUT2D eigenvalue weighted by atomic mass is 16.2. The van der Waals surface area contributed by atoms with Crippen LogP contribution in [0.3, 0.4) is 0 Å². The lowest BCUT2D eigenvalue weighted by Gasteiger charge is -2.23. The number of rotatable bonds is 5. The van der Waals surface area contributed by atoms with Crippen molar-refractivity contribution in [3.63, 3.8) is 0 Å². The Morgan fingerprint density at radius 3 is 2.52 bits per heavy atom. The molecule has 25 heavy (non-hydrogen) atoms. The third-order valence-corrected chi connectivity index (χ3v) is 4.12. The average Bonchev–Trinajstić information content (AvgIpc) is 2.63. The maximum atomic E-state index is 12.1. The van der Waals surface area contributed by atoms with E-state index in [1.807, 2.05) is 61.5 Å². The summed E-state index contributed by atoms with van der Waals surface area (Å²) in [5.41, 5.74) is 4.03. The molecular formula is C20H21N3O2. The van der Waals surface area contributed by atoms with E-state index in [2.05, 4.69) is 10.4 Å². The van der Waals surface area contributed by atoms with Gasteiger partial charge in [-0.05, 0) is 18.1 Å². The van der Waals surface area contributed by atoms with Crippen molar-refractivity contribution in [2.45, 2.75) is 26.3 Å². The van der Waals surface area contributed by atoms with Gasteiger partial charge in [0.2, 0.25) is 11.8 Å². The van der Waals surface area contributed by atoms with Gasteiger partial charge in [-0.3, -0.25) is 9.59 Å². The smallest absolute Gasteiger partial charge is 0.243 e. The van der Waals surface area contributed by atoms with Crippen LogP contribution in [0.1, 0.15) is 29.5 Å². The normalized spacial score (nSPS) is 14.2. The number of hydrogen-bond donors (Lipinski definition) is 1. The lowest BCUT2D eigenvalue weighted by molar-refractivity contribution is -0.136. The van der Waals surface area contributed by atoms with Crippen LogP contribution in [-0.4, -0.2) is 29.1 Å². The molecule has 0 atom stereocenters. The van der Waals surface area contributed by atoms with E-state index in [1.54, 1.807) is 0 Å². The Bertz CT molecular complexity index is 782. The van der Waals surface area contributed by atoms with Crippen LogP contribution in [0.15, 0.2) is 59.7 Å². The van der Waals surface area contributed by atoms with Gasteiger partial charge in [-0.1, -0.05) is 60.2 Å². The fourth-order valence-corrected chi connectivity index (χ4v) is 2.67. The zero-order valence-electron chi connectivity index (χ0n) is 14.2. The highest BCUT2D eigenvalue weighted by Crippen LogP contribution is 2.15. The summed E-state index contributed by atoms with van der Waals surface area (Å²) >= 11 is 0. The molecule has 0 radical (unpaired) electrons. The van der Waals surface area contributed by atoms with Crippen LogP contribution in [0.25, 0.3) is 0 Å². The predicted octanol–water partition coefficient (Wildman–Crippen LogP) is 2.64. The van der Waals surface area contributed by atoms with Crippen LogP contribution in [-0.2, 0) is 16.1 Å². The number of nitrogens with zero attached hydrogens (tertiary/aromatic N) is 2. The van der Waals surface area contributed by atoms with Gasteiger partial charge in [0.05, 0.1) is 5.71 Å². The number of amides is 2. The van der Waals surface area contributed by atoms with Crippen LogP contribution >= 0.6 is 0 Å². The molecule has 2 amide bonds. The van der Waals surface area contributed by atoms with Crippen molar-refractivity contribution in [2.24, 2.45) is 5.10 Å². The van der Waals surface area contributed by atoms with Crippen molar-refractivity contribution in [3.05, 3.63) is 71.3 Å². The molecule has 0 fully saturated rings. The molecule has 5 nitrogen and oxygen atoms in total. The molecule has 1 heterocycles. The summed E-state index contributed by atoms with van der Waals surface area (Å²) in [6.07, 6.45) is 0.975. The molecule has 0 spiro atoms. The number of benzene rings is 2. The molecule has 0 aromatic heterocycles. The molecule has 0 saturated heterocycles. The monoisotopic (exact) mass is 335 g/mol. The summed E-state index contributed by atoms with van der Waals surface area (Å²) in [5.74, 6) is -0.336. The summed E-state index contributed by atoms with van der Waals surface area (Å²) in [6.45, 7) is 2.41. The number of hydrazone groups is 1. The predicted molar refractivity (Wildman–Crippen MR) is 97.0 cm³/mol. The minimum absolute atomic E-state index is 0.0545. The van der Waals surface area contributed by atoms with Crippen molar-refractivity contribution in [1.82, 2.24) is 10.3 Å². The first-order valence-corrected chi connectivity index (χ1v) is 8.37. The quantitative estimate of drug-likeness (QED) is 0.913. The molecule has 0 bridgehead atoms. The fraction of sp³-hybridized carbons (Fsp3) is 0.250. The van der Waals surface area contributed by atoms with E-state index in [0.29, 0.717) is 19.4 Å². The van der Waals surface area contributed by atoms with Gasteiger partial charge in [-0.2, -0.15) is 5.10 Å². The second kappa shape index (κ2) is 7.75. The lowest BCUT2D eigenvalue weighted by Crippen LogP contribution is -2.40. The van der Waals surface area contributed by atoms with E-state index in [1.165, 1.54) is 10.6 Å². The first-order chi connectivity index (χ1) is 12.1. The first kappa shape index (κ1) is 16.9. The van der Waals surface area contributed by atoms with E-state index in [0.717, 1.165) is 16.8 Å². The minimum atomic E-state index is -0.217. The zero-order valence-corrected chi connectivity index (χ0v) is 14.2. The van der Waals surface area contributed by atoms with Crippen molar-refractivity contribution < 1.29 is 9.59 Å². The molecular weight excluding hydrogens is 314 g/mol. The van der Waals surface area contributed by atoms with Crippen molar-refractivity contribution >= 4 is 17.5 Å². The second-order valence-electron chi connectivity index (χ2n) is 6.13. The molecule has 1 aliphatic rings. The molecule has 1 N–H and O–H groups in total. The SMILES string of the molecule is Cc1ccc(C2=NN(CC(=O)NCc3ccccc3)C(=O)CC2)cc1. The fourth-order valence-electron chi connectivity index (χ4n) is 2.67. The van der Waals surface area contributed by atoms with Crippen LogP contribution in [0.5, 0.6) is 0 Å². The summed E-state index contributed by atoms with van der Waals surface area (Å²) in [7, 11) is 0. The molecule has 2 aromatic carbocycles. The Labute approximate surface area is 147 Å².